The first-order valence-electron chi connectivity index (χ1n) is 5.70. The van der Waals surface area contributed by atoms with Gasteiger partial charge in [0.2, 0.25) is 0 Å². The molecule has 0 unspecified atom stereocenters. The van der Waals surface area contributed by atoms with Crippen molar-refractivity contribution in [2.45, 2.75) is 31.4 Å². The highest BCUT2D eigenvalue weighted by Gasteiger charge is 2.18. The molecule has 0 spiro atoms. The summed E-state index contributed by atoms with van der Waals surface area (Å²) in [6, 6.07) is 2.60. The zero-order chi connectivity index (χ0) is 15.6. The molecule has 0 amide bonds. The molecule has 112 valence electrons. The molecule has 0 aliphatic heterocycles. The minimum absolute atomic E-state index is 0.116. The Kier molecular flexibility index (Phi) is 4.99. The van der Waals surface area contributed by atoms with E-state index in [9.17, 15) is 13.2 Å². The number of ether oxygens (including phenoxy) is 2. The van der Waals surface area contributed by atoms with Crippen LogP contribution in [0.15, 0.2) is 17.2 Å². The quantitative estimate of drug-likeness (QED) is 0.622. The molecule has 8 heteroatoms. The first-order valence-corrected chi connectivity index (χ1v) is 7.97. The number of sulfone groups is 1. The lowest BCUT2D eigenvalue weighted by molar-refractivity contribution is -0.157. The van der Waals surface area contributed by atoms with Crippen molar-refractivity contribution in [3.63, 3.8) is 0 Å². The first-order chi connectivity index (χ1) is 8.99. The van der Waals surface area contributed by atoms with Crippen molar-refractivity contribution in [1.29, 1.82) is 0 Å². The van der Waals surface area contributed by atoms with Gasteiger partial charge in [0.1, 0.15) is 5.60 Å². The molecule has 0 aliphatic carbocycles. The SMILES string of the molecule is CC(C)(C)OC(=O)COc1ccc(S(C)(=O)=O)nc1Cl. The van der Waals surface area contributed by atoms with Crippen LogP contribution in [0.2, 0.25) is 5.15 Å². The van der Waals surface area contributed by atoms with E-state index in [4.69, 9.17) is 21.1 Å². The molecule has 0 bridgehead atoms. The summed E-state index contributed by atoms with van der Waals surface area (Å²) in [5.41, 5.74) is -0.608. The van der Waals surface area contributed by atoms with Crippen LogP contribution in [0.3, 0.4) is 0 Å². The van der Waals surface area contributed by atoms with Gasteiger partial charge in [0.05, 0.1) is 0 Å². The van der Waals surface area contributed by atoms with Gasteiger partial charge in [-0.15, -0.1) is 0 Å². The first kappa shape index (κ1) is 16.7. The fraction of sp³-hybridized carbons (Fsp3) is 0.500. The third-order valence-corrected chi connectivity index (χ3v) is 3.19. The van der Waals surface area contributed by atoms with E-state index >= 15 is 0 Å². The Morgan fingerprint density at radius 3 is 2.40 bits per heavy atom. The second-order valence-corrected chi connectivity index (χ2v) is 7.41. The predicted octanol–water partition coefficient (Wildman–Crippen LogP) is 1.86. The molecule has 1 rings (SSSR count). The van der Waals surface area contributed by atoms with Gasteiger partial charge in [-0.3, -0.25) is 0 Å². The molecular weight excluding hydrogens is 306 g/mol. The average molecular weight is 322 g/mol. The fourth-order valence-corrected chi connectivity index (χ4v) is 2.06. The van der Waals surface area contributed by atoms with E-state index in [1.807, 2.05) is 0 Å². The highest BCUT2D eigenvalue weighted by atomic mass is 35.5. The van der Waals surface area contributed by atoms with Gasteiger partial charge in [-0.05, 0) is 32.9 Å². The molecule has 0 atom stereocenters. The Hall–Kier alpha value is -1.34. The van der Waals surface area contributed by atoms with E-state index in [1.54, 1.807) is 20.8 Å². The van der Waals surface area contributed by atoms with Gasteiger partial charge in [0.25, 0.3) is 0 Å². The van der Waals surface area contributed by atoms with Gasteiger partial charge in [-0.2, -0.15) is 0 Å². The number of halogens is 1. The Balaban J connectivity index is 2.73. The molecule has 20 heavy (non-hydrogen) atoms. The van der Waals surface area contributed by atoms with Crippen molar-refractivity contribution < 1.29 is 22.7 Å². The van der Waals surface area contributed by atoms with Gasteiger partial charge in [0, 0.05) is 6.26 Å². The standard InChI is InChI=1S/C12H16ClNO5S/c1-12(2,3)19-10(15)7-18-8-5-6-9(14-11(8)13)20(4,16)17/h5-6H,7H2,1-4H3. The molecule has 1 aromatic rings. The maximum absolute atomic E-state index is 11.5. The molecular formula is C12H16ClNO5S. The van der Waals surface area contributed by atoms with E-state index < -0.39 is 21.4 Å². The molecule has 0 saturated heterocycles. The zero-order valence-corrected chi connectivity index (χ0v) is 13.2. The van der Waals surface area contributed by atoms with Gasteiger partial charge in [-0.25, -0.2) is 18.2 Å². The number of hydrogen-bond donors (Lipinski definition) is 0. The number of nitrogens with zero attached hydrogens (tertiary/aromatic N) is 1. The van der Waals surface area contributed by atoms with E-state index in [0.29, 0.717) is 0 Å². The van der Waals surface area contributed by atoms with Crippen LogP contribution in [0.5, 0.6) is 5.75 Å². The van der Waals surface area contributed by atoms with Crippen LogP contribution in [0.25, 0.3) is 0 Å². The Morgan fingerprint density at radius 2 is 1.95 bits per heavy atom. The van der Waals surface area contributed by atoms with Crippen LogP contribution in [0.1, 0.15) is 20.8 Å². The third kappa shape index (κ3) is 5.34. The average Bonchev–Trinajstić information content (AvgIpc) is 2.23. The van der Waals surface area contributed by atoms with Crippen molar-refractivity contribution in [3.05, 3.63) is 17.3 Å². The molecule has 0 aromatic carbocycles. The van der Waals surface area contributed by atoms with E-state index in [-0.39, 0.29) is 22.5 Å². The lowest BCUT2D eigenvalue weighted by Crippen LogP contribution is -2.27. The lowest BCUT2D eigenvalue weighted by Gasteiger charge is -2.19. The summed E-state index contributed by atoms with van der Waals surface area (Å²) in [7, 11) is -3.44. The summed E-state index contributed by atoms with van der Waals surface area (Å²) in [6.07, 6.45) is 1.02. The second kappa shape index (κ2) is 5.97. The highest BCUT2D eigenvalue weighted by Crippen LogP contribution is 2.23. The molecule has 0 radical (unpaired) electrons. The molecule has 0 N–H and O–H groups in total. The number of carbonyl (C=O) groups is 1. The van der Waals surface area contributed by atoms with Crippen molar-refractivity contribution in [2.24, 2.45) is 0 Å². The maximum Gasteiger partial charge on any atom is 0.344 e. The molecule has 1 heterocycles. The number of rotatable bonds is 4. The summed E-state index contributed by atoms with van der Waals surface area (Å²) in [6.45, 7) is 4.87. The van der Waals surface area contributed by atoms with E-state index in [0.717, 1.165) is 6.26 Å². The minimum Gasteiger partial charge on any atom is -0.479 e. The zero-order valence-electron chi connectivity index (χ0n) is 11.6. The van der Waals surface area contributed by atoms with Gasteiger partial charge in [-0.1, -0.05) is 11.6 Å². The minimum atomic E-state index is -3.44. The van der Waals surface area contributed by atoms with Crippen molar-refractivity contribution in [1.82, 2.24) is 4.98 Å². The maximum atomic E-state index is 11.5. The number of carbonyl (C=O) groups excluding carboxylic acids is 1. The van der Waals surface area contributed by atoms with Gasteiger partial charge in [0.15, 0.2) is 32.4 Å². The van der Waals surface area contributed by atoms with Crippen molar-refractivity contribution in [2.75, 3.05) is 12.9 Å². The summed E-state index contributed by atoms with van der Waals surface area (Å²) in [4.78, 5) is 15.2. The lowest BCUT2D eigenvalue weighted by atomic mass is 10.2. The number of pyridine rings is 1. The smallest absolute Gasteiger partial charge is 0.344 e. The Labute approximate surface area is 123 Å². The normalized spacial score (nSPS) is 12.1. The van der Waals surface area contributed by atoms with Crippen LogP contribution < -0.4 is 4.74 Å². The number of esters is 1. The summed E-state index contributed by atoms with van der Waals surface area (Å²) >= 11 is 5.80. The van der Waals surface area contributed by atoms with Crippen LogP contribution in [0, 0.1) is 0 Å². The third-order valence-electron chi connectivity index (χ3n) is 1.93. The van der Waals surface area contributed by atoms with E-state index in [2.05, 4.69) is 4.98 Å². The topological polar surface area (TPSA) is 82.6 Å². The molecule has 1 aromatic heterocycles. The molecule has 0 saturated carbocycles. The Bertz CT molecular complexity index is 607. The van der Waals surface area contributed by atoms with Crippen LogP contribution in [0.4, 0.5) is 0 Å². The summed E-state index contributed by atoms with van der Waals surface area (Å²) < 4.78 is 32.8. The molecule has 6 nitrogen and oxygen atoms in total. The molecule has 0 aliphatic rings. The van der Waals surface area contributed by atoms with Crippen molar-refractivity contribution in [3.8, 4) is 5.75 Å². The fourth-order valence-electron chi connectivity index (χ4n) is 1.23. The highest BCUT2D eigenvalue weighted by molar-refractivity contribution is 7.90. The second-order valence-electron chi connectivity index (χ2n) is 5.09. The molecule has 0 fully saturated rings. The number of aromatic nitrogens is 1. The van der Waals surface area contributed by atoms with Crippen LogP contribution >= 0.6 is 11.6 Å². The van der Waals surface area contributed by atoms with Crippen molar-refractivity contribution >= 4 is 27.4 Å². The van der Waals surface area contributed by atoms with Gasteiger partial charge >= 0.3 is 5.97 Å². The van der Waals surface area contributed by atoms with Crippen LogP contribution in [-0.2, 0) is 19.4 Å². The summed E-state index contributed by atoms with van der Waals surface area (Å²) in [5, 5.41) is -0.288. The van der Waals surface area contributed by atoms with E-state index in [1.165, 1.54) is 12.1 Å². The van der Waals surface area contributed by atoms with Gasteiger partial charge < -0.3 is 9.47 Å². The summed E-state index contributed by atoms with van der Waals surface area (Å²) in [5.74, 6) is -0.439. The number of hydrogen-bond acceptors (Lipinski definition) is 6. The largest absolute Gasteiger partial charge is 0.479 e. The van der Waals surface area contributed by atoms with Crippen LogP contribution in [-0.4, -0.2) is 37.8 Å². The predicted molar refractivity (Wildman–Crippen MR) is 73.7 cm³/mol. The monoisotopic (exact) mass is 321 g/mol. The Morgan fingerprint density at radius 1 is 1.35 bits per heavy atom.